The molecule has 2 aromatic carbocycles. The summed E-state index contributed by atoms with van der Waals surface area (Å²) < 4.78 is 5.47. The molecule has 0 heterocycles. The highest BCUT2D eigenvalue weighted by Crippen LogP contribution is 2.32. The number of hydrogen-bond acceptors (Lipinski definition) is 6. The van der Waals surface area contributed by atoms with Crippen LogP contribution in [0.15, 0.2) is 42.5 Å². The van der Waals surface area contributed by atoms with Crippen LogP contribution in [-0.4, -0.2) is 58.1 Å². The third-order valence-corrected chi connectivity index (χ3v) is 7.55. The average molecular weight is 600 g/mol. The number of carbonyl (C=O) groups excluding carboxylic acids is 3. The molecule has 2 rings (SSSR count). The van der Waals surface area contributed by atoms with Gasteiger partial charge in [0.2, 0.25) is 5.91 Å². The van der Waals surface area contributed by atoms with Crippen LogP contribution in [0, 0.1) is 13.8 Å². The number of aromatic hydroxyl groups is 1. The van der Waals surface area contributed by atoms with Gasteiger partial charge in [-0.05, 0) is 76.7 Å². The number of amides is 3. The summed E-state index contributed by atoms with van der Waals surface area (Å²) >= 11 is 1.56. The number of carbonyl (C=O) groups is 3. The van der Waals surface area contributed by atoms with Crippen LogP contribution in [0.5, 0.6) is 5.75 Å². The minimum absolute atomic E-state index is 0.0799. The summed E-state index contributed by atoms with van der Waals surface area (Å²) in [6, 6.07) is 10.3. The van der Waals surface area contributed by atoms with Crippen molar-refractivity contribution in [3.05, 3.63) is 59.2 Å². The number of rotatable bonds is 15. The van der Waals surface area contributed by atoms with E-state index in [9.17, 15) is 19.5 Å². The van der Waals surface area contributed by atoms with Crippen LogP contribution in [0.2, 0.25) is 0 Å². The zero-order valence-electron chi connectivity index (χ0n) is 26.3. The number of nitrogens with zero attached hydrogens (tertiary/aromatic N) is 1. The van der Waals surface area contributed by atoms with E-state index in [-0.39, 0.29) is 12.3 Å². The maximum Gasteiger partial charge on any atom is 0.408 e. The van der Waals surface area contributed by atoms with E-state index < -0.39 is 35.6 Å². The lowest BCUT2D eigenvalue weighted by Crippen LogP contribution is -2.52. The molecule has 9 heteroatoms. The van der Waals surface area contributed by atoms with Gasteiger partial charge in [-0.3, -0.25) is 9.59 Å². The second-order valence-corrected chi connectivity index (χ2v) is 12.6. The van der Waals surface area contributed by atoms with Crippen molar-refractivity contribution >= 4 is 35.4 Å². The molecule has 2 aromatic rings. The molecule has 0 aliphatic rings. The first-order valence-electron chi connectivity index (χ1n) is 14.8. The topological polar surface area (TPSA) is 108 Å². The summed E-state index contributed by atoms with van der Waals surface area (Å²) in [5, 5.41) is 16.7. The van der Waals surface area contributed by atoms with Crippen molar-refractivity contribution in [2.75, 3.05) is 23.9 Å². The molecular formula is C33H49N3O5S. The largest absolute Gasteiger partial charge is 0.508 e. The van der Waals surface area contributed by atoms with E-state index in [2.05, 4.69) is 17.6 Å². The lowest BCUT2D eigenvalue weighted by Gasteiger charge is -2.35. The number of phenolic OH excluding ortho intramolecular Hbond substituents is 1. The van der Waals surface area contributed by atoms with Gasteiger partial charge in [0.05, 0.1) is 0 Å². The Balaban J connectivity index is 2.57. The number of phenols is 1. The van der Waals surface area contributed by atoms with Crippen LogP contribution in [0.25, 0.3) is 0 Å². The number of alkyl carbamates (subject to hydrolysis) is 1. The second-order valence-electron chi connectivity index (χ2n) is 11.6. The molecule has 0 bridgehead atoms. The molecule has 2 unspecified atom stereocenters. The van der Waals surface area contributed by atoms with Crippen LogP contribution in [-0.2, 0) is 14.3 Å². The highest BCUT2D eigenvalue weighted by atomic mass is 32.2. The number of ether oxygens (including phenoxy) is 1. The Morgan fingerprint density at radius 3 is 2.21 bits per heavy atom. The lowest BCUT2D eigenvalue weighted by molar-refractivity contribution is -0.141. The lowest BCUT2D eigenvalue weighted by atomic mass is 9.99. The van der Waals surface area contributed by atoms with Crippen LogP contribution in [0.4, 0.5) is 10.5 Å². The fourth-order valence-electron chi connectivity index (χ4n) is 4.77. The predicted molar refractivity (Wildman–Crippen MR) is 172 cm³/mol. The monoisotopic (exact) mass is 599 g/mol. The van der Waals surface area contributed by atoms with Gasteiger partial charge in [0, 0.05) is 17.8 Å². The van der Waals surface area contributed by atoms with Gasteiger partial charge in [-0.1, -0.05) is 69.0 Å². The first-order valence-corrected chi connectivity index (χ1v) is 16.2. The van der Waals surface area contributed by atoms with Crippen molar-refractivity contribution in [2.45, 2.75) is 97.8 Å². The Hall–Kier alpha value is -3.20. The molecule has 8 nitrogen and oxygen atoms in total. The molecule has 0 aliphatic heterocycles. The Labute approximate surface area is 256 Å². The molecule has 0 spiro atoms. The van der Waals surface area contributed by atoms with Crippen LogP contribution in [0.1, 0.15) is 89.0 Å². The van der Waals surface area contributed by atoms with E-state index in [0.717, 1.165) is 36.8 Å². The number of anilines is 1. The summed E-state index contributed by atoms with van der Waals surface area (Å²) in [6.45, 7) is 11.5. The van der Waals surface area contributed by atoms with Gasteiger partial charge in [0.15, 0.2) is 0 Å². The molecule has 0 saturated heterocycles. The third-order valence-electron chi connectivity index (χ3n) is 6.91. The van der Waals surface area contributed by atoms with Crippen molar-refractivity contribution < 1.29 is 24.2 Å². The van der Waals surface area contributed by atoms with Gasteiger partial charge in [-0.2, -0.15) is 11.8 Å². The SMILES string of the molecule is CCCCCCCN(C(=O)C(CCSC)NC(=O)OC(C)(C)C)C(C(=O)Nc1c(C)cccc1C)c1ccccc1O. The standard InChI is InChI=1S/C33H49N3O5S/c1-8-9-10-11-14-21-36(31(39)26(20-22-42-7)34-32(40)41-33(4,5)6)29(25-18-12-13-19-27(25)37)30(38)35-28-23(2)16-15-17-24(28)3/h12-13,15-19,26,29,37H,8-11,14,20-22H2,1-7H3,(H,34,40)(H,35,38). The Morgan fingerprint density at radius 2 is 1.62 bits per heavy atom. The van der Waals surface area contributed by atoms with E-state index in [1.54, 1.807) is 50.7 Å². The summed E-state index contributed by atoms with van der Waals surface area (Å²) in [6.07, 6.45) is 6.34. The van der Waals surface area contributed by atoms with Crippen molar-refractivity contribution in [1.82, 2.24) is 10.2 Å². The Kier molecular flexibility index (Phi) is 14.2. The molecule has 232 valence electrons. The van der Waals surface area contributed by atoms with E-state index in [0.29, 0.717) is 29.8 Å². The number of nitrogens with one attached hydrogen (secondary N) is 2. The number of unbranched alkanes of at least 4 members (excludes halogenated alkanes) is 4. The van der Waals surface area contributed by atoms with E-state index in [4.69, 9.17) is 4.74 Å². The maximum atomic E-state index is 14.4. The minimum Gasteiger partial charge on any atom is -0.508 e. The Bertz CT molecular complexity index is 1160. The van der Waals surface area contributed by atoms with Crippen LogP contribution in [0.3, 0.4) is 0 Å². The number of para-hydroxylation sites is 2. The molecule has 2 atom stereocenters. The quantitative estimate of drug-likeness (QED) is 0.188. The van der Waals surface area contributed by atoms with Gasteiger partial charge in [-0.25, -0.2) is 4.79 Å². The summed E-state index contributed by atoms with van der Waals surface area (Å²) in [5.41, 5.74) is 2.04. The van der Waals surface area contributed by atoms with Gasteiger partial charge >= 0.3 is 6.09 Å². The van der Waals surface area contributed by atoms with Crippen molar-refractivity contribution in [1.29, 1.82) is 0 Å². The van der Waals surface area contributed by atoms with Gasteiger partial charge in [0.1, 0.15) is 23.4 Å². The molecule has 0 saturated carbocycles. The van der Waals surface area contributed by atoms with Gasteiger partial charge in [0.25, 0.3) is 5.91 Å². The molecule has 0 aliphatic carbocycles. The summed E-state index contributed by atoms with van der Waals surface area (Å²) in [5.74, 6) is -0.289. The first kappa shape index (κ1) is 35.0. The average Bonchev–Trinajstić information content (AvgIpc) is 2.91. The zero-order valence-corrected chi connectivity index (χ0v) is 27.1. The van der Waals surface area contributed by atoms with Crippen LogP contribution < -0.4 is 10.6 Å². The predicted octanol–water partition coefficient (Wildman–Crippen LogP) is 7.13. The first-order chi connectivity index (χ1) is 19.9. The summed E-state index contributed by atoms with van der Waals surface area (Å²) in [4.78, 5) is 42.9. The number of aryl methyl sites for hydroxylation is 2. The van der Waals surface area contributed by atoms with Crippen molar-refractivity contribution in [2.24, 2.45) is 0 Å². The maximum absolute atomic E-state index is 14.4. The van der Waals surface area contributed by atoms with Crippen molar-refractivity contribution in [3.63, 3.8) is 0 Å². The van der Waals surface area contributed by atoms with Gasteiger partial charge in [-0.15, -0.1) is 0 Å². The Morgan fingerprint density at radius 1 is 0.976 bits per heavy atom. The highest BCUT2D eigenvalue weighted by Gasteiger charge is 2.37. The molecule has 0 radical (unpaired) electrons. The number of hydrogen-bond donors (Lipinski definition) is 3. The molecule has 3 N–H and O–H groups in total. The van der Waals surface area contributed by atoms with Gasteiger partial charge < -0.3 is 25.4 Å². The minimum atomic E-state index is -1.12. The molecule has 3 amide bonds. The fourth-order valence-corrected chi connectivity index (χ4v) is 5.24. The second kappa shape index (κ2) is 17.0. The zero-order chi connectivity index (χ0) is 31.3. The third kappa shape index (κ3) is 10.9. The summed E-state index contributed by atoms with van der Waals surface area (Å²) in [7, 11) is 0. The van der Waals surface area contributed by atoms with Crippen LogP contribution >= 0.6 is 11.8 Å². The number of benzene rings is 2. The number of thioether (sulfide) groups is 1. The molecule has 42 heavy (non-hydrogen) atoms. The van der Waals surface area contributed by atoms with Crippen molar-refractivity contribution in [3.8, 4) is 5.75 Å². The highest BCUT2D eigenvalue weighted by molar-refractivity contribution is 7.98. The normalized spacial score (nSPS) is 12.7. The van der Waals surface area contributed by atoms with E-state index in [1.165, 1.54) is 11.0 Å². The fraction of sp³-hybridized carbons (Fsp3) is 0.545. The van der Waals surface area contributed by atoms with E-state index >= 15 is 0 Å². The molecule has 0 fully saturated rings. The molecular weight excluding hydrogens is 550 g/mol. The molecule has 0 aromatic heterocycles. The smallest absolute Gasteiger partial charge is 0.408 e. The van der Waals surface area contributed by atoms with E-state index in [1.807, 2.05) is 38.3 Å².